The molecular formula is C17H13NO4S. The van der Waals surface area contributed by atoms with Crippen molar-refractivity contribution in [3.8, 4) is 11.5 Å². The molecule has 1 aromatic heterocycles. The number of carbonyl (C=O) groups is 1. The number of para-hydroxylation sites is 1. The first-order chi connectivity index (χ1) is 11.3. The summed E-state index contributed by atoms with van der Waals surface area (Å²) < 4.78 is 16.6. The minimum Gasteiger partial charge on any atom is -0.490 e. The van der Waals surface area contributed by atoms with Crippen molar-refractivity contribution < 1.29 is 19.0 Å². The molecule has 3 heterocycles. The molecule has 0 fully saturated rings. The Labute approximate surface area is 136 Å². The van der Waals surface area contributed by atoms with Crippen LogP contribution in [0.15, 0.2) is 45.7 Å². The van der Waals surface area contributed by atoms with Gasteiger partial charge in [0.15, 0.2) is 17.2 Å². The van der Waals surface area contributed by atoms with Gasteiger partial charge < -0.3 is 14.2 Å². The topological polar surface area (TPSA) is 57.1 Å². The molecule has 2 aliphatic rings. The summed E-state index contributed by atoms with van der Waals surface area (Å²) in [6, 6.07) is 7.45. The molecular weight excluding hydrogens is 314 g/mol. The fourth-order valence-electron chi connectivity index (χ4n) is 2.40. The lowest BCUT2D eigenvalue weighted by Gasteiger charge is -2.09. The lowest BCUT2D eigenvalue weighted by Crippen LogP contribution is -2.04. The highest BCUT2D eigenvalue weighted by Gasteiger charge is 2.25. The minimum atomic E-state index is -0.460. The average molecular weight is 327 g/mol. The van der Waals surface area contributed by atoms with Gasteiger partial charge in [-0.3, -0.25) is 0 Å². The molecule has 2 aliphatic heterocycles. The number of fused-ring (bicyclic) bond motifs is 1. The Morgan fingerprint density at radius 1 is 1.17 bits per heavy atom. The summed E-state index contributed by atoms with van der Waals surface area (Å²) in [6.45, 7) is 1.20. The first-order valence-corrected chi connectivity index (χ1v) is 8.19. The molecule has 4 rings (SSSR count). The quantitative estimate of drug-likeness (QED) is 0.627. The molecule has 116 valence electrons. The minimum absolute atomic E-state index is 0.257. The van der Waals surface area contributed by atoms with Crippen molar-refractivity contribution in [2.45, 2.75) is 6.42 Å². The average Bonchev–Trinajstić information content (AvgIpc) is 3.13. The number of thiophene rings is 1. The Bertz CT molecular complexity index is 808. The maximum Gasteiger partial charge on any atom is 0.363 e. The highest BCUT2D eigenvalue weighted by atomic mass is 32.1. The molecule has 1 aromatic carbocycles. The Balaban J connectivity index is 1.72. The summed E-state index contributed by atoms with van der Waals surface area (Å²) in [6.07, 6.45) is 2.50. The summed E-state index contributed by atoms with van der Waals surface area (Å²) >= 11 is 1.53. The Morgan fingerprint density at radius 3 is 2.96 bits per heavy atom. The monoisotopic (exact) mass is 327 g/mol. The highest BCUT2D eigenvalue weighted by Crippen LogP contribution is 2.35. The molecule has 0 spiro atoms. The van der Waals surface area contributed by atoms with E-state index in [1.807, 2.05) is 35.0 Å². The molecule has 0 aliphatic carbocycles. The van der Waals surface area contributed by atoms with E-state index in [-0.39, 0.29) is 5.70 Å². The van der Waals surface area contributed by atoms with Gasteiger partial charge in [0.1, 0.15) is 0 Å². The maximum absolute atomic E-state index is 12.0. The third-order valence-electron chi connectivity index (χ3n) is 3.48. The number of esters is 1. The fourth-order valence-corrected chi connectivity index (χ4v) is 3.03. The van der Waals surface area contributed by atoms with Gasteiger partial charge in [0.25, 0.3) is 0 Å². The van der Waals surface area contributed by atoms with E-state index in [9.17, 15) is 4.79 Å². The third-order valence-corrected chi connectivity index (χ3v) is 4.17. The molecule has 0 unspecified atom stereocenters. The molecule has 23 heavy (non-hydrogen) atoms. The summed E-state index contributed by atoms with van der Waals surface area (Å²) in [5.41, 5.74) is 1.82. The molecule has 0 saturated heterocycles. The standard InChI is InChI=1S/C17H13NO4S/c19-17-13(18-16(22-17)12-5-8-23-10-12)9-11-3-1-4-14-15(11)21-7-2-6-20-14/h1,3-5,8-10H,2,6-7H2/b13-9+. The molecule has 0 amide bonds. The molecule has 5 nitrogen and oxygen atoms in total. The van der Waals surface area contributed by atoms with Gasteiger partial charge >= 0.3 is 5.97 Å². The second-order valence-electron chi connectivity index (χ2n) is 5.07. The van der Waals surface area contributed by atoms with E-state index in [0.29, 0.717) is 30.6 Å². The van der Waals surface area contributed by atoms with Crippen LogP contribution >= 0.6 is 11.3 Å². The van der Waals surface area contributed by atoms with Crippen molar-refractivity contribution in [1.29, 1.82) is 0 Å². The maximum atomic E-state index is 12.0. The van der Waals surface area contributed by atoms with Gasteiger partial charge in [0, 0.05) is 22.9 Å². The van der Waals surface area contributed by atoms with E-state index in [0.717, 1.165) is 17.5 Å². The normalized spacial score (nSPS) is 18.5. The summed E-state index contributed by atoms with van der Waals surface area (Å²) in [5, 5.41) is 3.80. The number of ether oxygens (including phenoxy) is 3. The third kappa shape index (κ3) is 2.73. The largest absolute Gasteiger partial charge is 0.490 e. The number of nitrogens with zero attached hydrogens (tertiary/aromatic N) is 1. The second kappa shape index (κ2) is 5.89. The van der Waals surface area contributed by atoms with Crippen LogP contribution in [0, 0.1) is 0 Å². The van der Waals surface area contributed by atoms with Crippen molar-refractivity contribution >= 4 is 29.3 Å². The number of rotatable bonds is 2. The zero-order valence-electron chi connectivity index (χ0n) is 12.2. The van der Waals surface area contributed by atoms with Crippen LogP contribution in [0.5, 0.6) is 11.5 Å². The molecule has 0 atom stereocenters. The lowest BCUT2D eigenvalue weighted by molar-refractivity contribution is -0.129. The number of cyclic esters (lactones) is 1. The Morgan fingerprint density at radius 2 is 2.09 bits per heavy atom. The van der Waals surface area contributed by atoms with Crippen molar-refractivity contribution in [1.82, 2.24) is 0 Å². The number of hydrogen-bond donors (Lipinski definition) is 0. The fraction of sp³-hybridized carbons (Fsp3) is 0.176. The zero-order chi connectivity index (χ0) is 15.6. The van der Waals surface area contributed by atoms with Crippen LogP contribution in [0.4, 0.5) is 0 Å². The van der Waals surface area contributed by atoms with Gasteiger partial charge in [-0.25, -0.2) is 9.79 Å². The number of carbonyl (C=O) groups excluding carboxylic acids is 1. The molecule has 0 N–H and O–H groups in total. The SMILES string of the molecule is O=C1OC(c2ccsc2)=N/C1=C/c1cccc2c1OCCCO2. The van der Waals surface area contributed by atoms with Crippen LogP contribution in [0.3, 0.4) is 0 Å². The van der Waals surface area contributed by atoms with Crippen LogP contribution in [0.25, 0.3) is 6.08 Å². The van der Waals surface area contributed by atoms with Gasteiger partial charge in [-0.15, -0.1) is 0 Å². The van der Waals surface area contributed by atoms with Gasteiger partial charge in [0.2, 0.25) is 5.90 Å². The highest BCUT2D eigenvalue weighted by molar-refractivity contribution is 7.08. The summed E-state index contributed by atoms with van der Waals surface area (Å²) in [7, 11) is 0. The number of benzene rings is 1. The van der Waals surface area contributed by atoms with E-state index < -0.39 is 5.97 Å². The van der Waals surface area contributed by atoms with Gasteiger partial charge in [-0.1, -0.05) is 12.1 Å². The van der Waals surface area contributed by atoms with Crippen LogP contribution in [-0.2, 0) is 9.53 Å². The van der Waals surface area contributed by atoms with Gasteiger partial charge in [-0.2, -0.15) is 11.3 Å². The summed E-state index contributed by atoms with van der Waals surface area (Å²) in [5.74, 6) is 1.20. The molecule has 2 aromatic rings. The predicted octanol–water partition coefficient (Wildman–Crippen LogP) is 3.25. The Kier molecular flexibility index (Phi) is 3.59. The molecule has 0 saturated carbocycles. The summed E-state index contributed by atoms with van der Waals surface area (Å²) in [4.78, 5) is 16.3. The molecule has 6 heteroatoms. The lowest BCUT2D eigenvalue weighted by atomic mass is 10.1. The van der Waals surface area contributed by atoms with Crippen LogP contribution in [0.1, 0.15) is 17.5 Å². The van der Waals surface area contributed by atoms with E-state index in [2.05, 4.69) is 4.99 Å². The van der Waals surface area contributed by atoms with Gasteiger partial charge in [0.05, 0.1) is 13.2 Å². The first kappa shape index (κ1) is 14.0. The number of aliphatic imine (C=N–C) groups is 1. The van der Waals surface area contributed by atoms with Crippen molar-refractivity contribution in [3.05, 3.63) is 51.8 Å². The van der Waals surface area contributed by atoms with Crippen LogP contribution < -0.4 is 9.47 Å². The number of hydrogen-bond acceptors (Lipinski definition) is 6. The molecule has 0 radical (unpaired) electrons. The van der Waals surface area contributed by atoms with Crippen LogP contribution in [0.2, 0.25) is 0 Å². The van der Waals surface area contributed by atoms with Crippen molar-refractivity contribution in [3.63, 3.8) is 0 Å². The predicted molar refractivity (Wildman–Crippen MR) is 87.0 cm³/mol. The first-order valence-electron chi connectivity index (χ1n) is 7.25. The van der Waals surface area contributed by atoms with E-state index >= 15 is 0 Å². The smallest absolute Gasteiger partial charge is 0.363 e. The van der Waals surface area contributed by atoms with E-state index in [1.54, 1.807) is 6.08 Å². The second-order valence-corrected chi connectivity index (χ2v) is 5.85. The zero-order valence-corrected chi connectivity index (χ0v) is 13.0. The van der Waals surface area contributed by atoms with Crippen molar-refractivity contribution in [2.24, 2.45) is 4.99 Å². The van der Waals surface area contributed by atoms with Crippen LogP contribution in [-0.4, -0.2) is 25.1 Å². The Hall–Kier alpha value is -2.60. The van der Waals surface area contributed by atoms with E-state index in [4.69, 9.17) is 14.2 Å². The molecule has 0 bridgehead atoms. The van der Waals surface area contributed by atoms with Crippen molar-refractivity contribution in [2.75, 3.05) is 13.2 Å². The van der Waals surface area contributed by atoms with E-state index in [1.165, 1.54) is 11.3 Å². The van der Waals surface area contributed by atoms with Gasteiger partial charge in [-0.05, 0) is 23.6 Å².